The lowest BCUT2D eigenvalue weighted by molar-refractivity contribution is -0.144. The number of hydrogen-bond acceptors (Lipinski definition) is 6. The summed E-state index contributed by atoms with van der Waals surface area (Å²) >= 11 is 1.23. The van der Waals surface area contributed by atoms with Crippen LogP contribution in [0.25, 0.3) is 15.9 Å². The lowest BCUT2D eigenvalue weighted by atomic mass is 10.2. The maximum atomic E-state index is 13.1. The van der Waals surface area contributed by atoms with Crippen LogP contribution in [0, 0.1) is 0 Å². The fourth-order valence-corrected chi connectivity index (χ4v) is 4.20. The molecule has 4 rings (SSSR count). The van der Waals surface area contributed by atoms with Crippen LogP contribution < -0.4 is 21.3 Å². The number of ether oxygens (including phenoxy) is 1. The molecule has 12 heteroatoms. The van der Waals surface area contributed by atoms with Gasteiger partial charge in [-0.1, -0.05) is 17.4 Å². The molecule has 0 spiro atoms. The zero-order chi connectivity index (χ0) is 24.6. The Labute approximate surface area is 193 Å². The number of thiazole rings is 1. The number of benzene rings is 2. The third kappa shape index (κ3) is 4.44. The molecule has 0 aliphatic rings. The average molecular weight is 490 g/mol. The molecule has 0 atom stereocenters. The molecular formula is C22H17F3N4O4S. The number of hydrogen-bond donors (Lipinski definition) is 1. The van der Waals surface area contributed by atoms with Crippen molar-refractivity contribution < 1.29 is 22.7 Å². The number of fused-ring (bicyclic) bond motifs is 1. The van der Waals surface area contributed by atoms with Crippen molar-refractivity contribution in [1.82, 2.24) is 14.1 Å². The van der Waals surface area contributed by atoms with Crippen molar-refractivity contribution in [2.24, 2.45) is 7.05 Å². The Balaban J connectivity index is 1.65. The van der Waals surface area contributed by atoms with Gasteiger partial charge in [-0.15, -0.1) is 0 Å². The maximum Gasteiger partial charge on any atom is 0.431 e. The minimum absolute atomic E-state index is 0.0439. The van der Waals surface area contributed by atoms with E-state index in [0.29, 0.717) is 38.2 Å². The van der Waals surface area contributed by atoms with E-state index in [1.165, 1.54) is 35.6 Å². The monoisotopic (exact) mass is 490 g/mol. The van der Waals surface area contributed by atoms with Crippen LogP contribution in [0.3, 0.4) is 0 Å². The lowest BCUT2D eigenvalue weighted by Crippen LogP contribution is -2.40. The lowest BCUT2D eigenvalue weighted by Gasteiger charge is -2.14. The Hall–Kier alpha value is -3.93. The molecule has 0 unspecified atom stereocenters. The van der Waals surface area contributed by atoms with Crippen LogP contribution in [0.4, 0.5) is 18.3 Å². The molecule has 1 amide bonds. The number of carbonyl (C=O) groups is 1. The van der Waals surface area contributed by atoms with Gasteiger partial charge in [0.15, 0.2) is 5.13 Å². The molecule has 2 aromatic heterocycles. The van der Waals surface area contributed by atoms with Crippen molar-refractivity contribution in [3.8, 4) is 11.4 Å². The molecule has 0 fully saturated rings. The van der Waals surface area contributed by atoms with Gasteiger partial charge in [0.25, 0.3) is 11.5 Å². The molecular weight excluding hydrogens is 473 g/mol. The number of anilines is 1. The van der Waals surface area contributed by atoms with E-state index in [9.17, 15) is 27.6 Å². The molecule has 8 nitrogen and oxygen atoms in total. The summed E-state index contributed by atoms with van der Waals surface area (Å²) < 4.78 is 46.4. The Bertz CT molecular complexity index is 1520. The fourth-order valence-electron chi connectivity index (χ4n) is 3.31. The van der Waals surface area contributed by atoms with Crippen molar-refractivity contribution in [3.05, 3.63) is 80.6 Å². The average Bonchev–Trinajstić information content (AvgIpc) is 3.17. The first-order valence-corrected chi connectivity index (χ1v) is 10.8. The van der Waals surface area contributed by atoms with E-state index in [2.05, 4.69) is 10.3 Å². The number of amides is 1. The molecule has 2 heterocycles. The van der Waals surface area contributed by atoms with Crippen LogP contribution in [0.15, 0.2) is 58.1 Å². The van der Waals surface area contributed by atoms with Crippen LogP contribution in [-0.4, -0.2) is 26.6 Å². The van der Waals surface area contributed by atoms with Gasteiger partial charge in [-0.2, -0.15) is 13.2 Å². The number of rotatable bonds is 5. The van der Waals surface area contributed by atoms with Crippen molar-refractivity contribution in [3.63, 3.8) is 0 Å². The predicted molar refractivity (Wildman–Crippen MR) is 121 cm³/mol. The second kappa shape index (κ2) is 8.78. The normalized spacial score (nSPS) is 11.6. The van der Waals surface area contributed by atoms with E-state index in [4.69, 9.17) is 4.74 Å². The second-order valence-corrected chi connectivity index (χ2v) is 8.16. The van der Waals surface area contributed by atoms with Crippen molar-refractivity contribution in [1.29, 1.82) is 0 Å². The molecule has 34 heavy (non-hydrogen) atoms. The third-order valence-corrected chi connectivity index (χ3v) is 5.80. The van der Waals surface area contributed by atoms with Gasteiger partial charge in [-0.05, 0) is 43.3 Å². The molecule has 0 aliphatic heterocycles. The highest BCUT2D eigenvalue weighted by molar-refractivity contribution is 7.22. The Morgan fingerprint density at radius 1 is 1.15 bits per heavy atom. The Kier molecular flexibility index (Phi) is 6.00. The van der Waals surface area contributed by atoms with E-state index in [1.54, 1.807) is 18.2 Å². The first kappa shape index (κ1) is 23.2. The second-order valence-electron chi connectivity index (χ2n) is 7.13. The maximum absolute atomic E-state index is 13.1. The van der Waals surface area contributed by atoms with Gasteiger partial charge >= 0.3 is 11.9 Å². The molecule has 0 aliphatic carbocycles. The van der Waals surface area contributed by atoms with Gasteiger partial charge in [-0.3, -0.25) is 19.5 Å². The minimum Gasteiger partial charge on any atom is -0.494 e. The number of nitrogens with one attached hydrogen (secondary N) is 1. The van der Waals surface area contributed by atoms with Gasteiger partial charge < -0.3 is 4.74 Å². The van der Waals surface area contributed by atoms with Crippen LogP contribution >= 0.6 is 11.3 Å². The highest BCUT2D eigenvalue weighted by Gasteiger charge is 2.35. The Morgan fingerprint density at radius 2 is 1.91 bits per heavy atom. The summed E-state index contributed by atoms with van der Waals surface area (Å²) in [4.78, 5) is 42.0. The first-order chi connectivity index (χ1) is 16.1. The number of carbonyl (C=O) groups excluding carboxylic acids is 1. The van der Waals surface area contributed by atoms with E-state index in [1.807, 2.05) is 6.92 Å². The van der Waals surface area contributed by atoms with Crippen molar-refractivity contribution in [2.45, 2.75) is 13.1 Å². The quantitative estimate of drug-likeness (QED) is 0.459. The number of aromatic nitrogens is 3. The van der Waals surface area contributed by atoms with Crippen LogP contribution in [0.2, 0.25) is 0 Å². The van der Waals surface area contributed by atoms with Crippen molar-refractivity contribution >= 4 is 32.6 Å². The highest BCUT2D eigenvalue weighted by Crippen LogP contribution is 2.30. The van der Waals surface area contributed by atoms with Crippen LogP contribution in [-0.2, 0) is 13.2 Å². The summed E-state index contributed by atoms with van der Waals surface area (Å²) in [5.74, 6) is 0.107. The van der Waals surface area contributed by atoms with Gasteiger partial charge in [0.1, 0.15) is 11.4 Å². The first-order valence-electron chi connectivity index (χ1n) is 9.94. The summed E-state index contributed by atoms with van der Waals surface area (Å²) in [5, 5.41) is 2.98. The zero-order valence-corrected chi connectivity index (χ0v) is 18.7. The molecule has 0 saturated heterocycles. The SMILES string of the molecule is CCOc1ccc2nc(NC(=O)c3cccc(-n4c(=O)cc(C(F)(F)F)n(C)c4=O)c3)sc2c1. The summed E-state index contributed by atoms with van der Waals surface area (Å²) in [6, 6.07) is 11.1. The molecule has 176 valence electrons. The number of halogens is 3. The number of nitrogens with zero attached hydrogens (tertiary/aromatic N) is 3. The topological polar surface area (TPSA) is 95.2 Å². The molecule has 2 aromatic carbocycles. The van der Waals surface area contributed by atoms with Gasteiger partial charge in [0, 0.05) is 18.7 Å². The van der Waals surface area contributed by atoms with Gasteiger partial charge in [0.2, 0.25) is 0 Å². The highest BCUT2D eigenvalue weighted by atomic mass is 32.1. The molecule has 0 saturated carbocycles. The minimum atomic E-state index is -4.87. The smallest absolute Gasteiger partial charge is 0.431 e. The van der Waals surface area contributed by atoms with E-state index in [-0.39, 0.29) is 11.3 Å². The zero-order valence-electron chi connectivity index (χ0n) is 17.8. The molecule has 4 aromatic rings. The van der Waals surface area contributed by atoms with Crippen LogP contribution in [0.1, 0.15) is 23.0 Å². The van der Waals surface area contributed by atoms with E-state index < -0.39 is 29.0 Å². The van der Waals surface area contributed by atoms with Crippen molar-refractivity contribution in [2.75, 3.05) is 11.9 Å². The number of alkyl halides is 3. The summed E-state index contributed by atoms with van der Waals surface area (Å²) in [6.07, 6.45) is -4.87. The third-order valence-electron chi connectivity index (χ3n) is 4.87. The molecule has 0 radical (unpaired) electrons. The van der Waals surface area contributed by atoms with Crippen LogP contribution in [0.5, 0.6) is 5.75 Å². The van der Waals surface area contributed by atoms with Gasteiger partial charge in [0.05, 0.1) is 22.5 Å². The standard InChI is InChI=1S/C22H17F3N4O4S/c1-3-33-14-7-8-15-16(10-14)34-20(26-15)27-19(31)12-5-4-6-13(9-12)29-18(30)11-17(22(23,24)25)28(2)21(29)32/h4-11H,3H2,1-2H3,(H,26,27,31). The summed E-state index contributed by atoms with van der Waals surface area (Å²) in [7, 11) is 0.918. The fraction of sp³-hybridized carbons (Fsp3) is 0.182. The summed E-state index contributed by atoms with van der Waals surface area (Å²) in [5.41, 5.74) is -3.01. The molecule has 0 bridgehead atoms. The molecule has 1 N–H and O–H groups in total. The largest absolute Gasteiger partial charge is 0.494 e. The van der Waals surface area contributed by atoms with E-state index in [0.717, 1.165) is 11.7 Å². The van der Waals surface area contributed by atoms with Gasteiger partial charge in [-0.25, -0.2) is 14.3 Å². The van der Waals surface area contributed by atoms with E-state index >= 15 is 0 Å². The summed E-state index contributed by atoms with van der Waals surface area (Å²) in [6.45, 7) is 2.38. The predicted octanol–water partition coefficient (Wildman–Crippen LogP) is 3.82. The Morgan fingerprint density at radius 3 is 2.62 bits per heavy atom.